The van der Waals surface area contributed by atoms with Gasteiger partial charge in [-0.25, -0.2) is 18.4 Å². The van der Waals surface area contributed by atoms with Crippen LogP contribution in [0.2, 0.25) is 0 Å². The van der Waals surface area contributed by atoms with Crippen LogP contribution in [0.15, 0.2) is 117 Å². The molecule has 0 fully saturated rings. The van der Waals surface area contributed by atoms with Gasteiger partial charge in [0.15, 0.2) is 0 Å². The van der Waals surface area contributed by atoms with E-state index in [9.17, 15) is 38.2 Å². The van der Waals surface area contributed by atoms with Crippen molar-refractivity contribution in [1.29, 1.82) is 0 Å². The van der Waals surface area contributed by atoms with Gasteiger partial charge in [0, 0.05) is 43.7 Å². The molecule has 6 rings (SSSR count). The minimum Gasteiger partial charge on any atom is -0.478 e. The fourth-order valence-electron chi connectivity index (χ4n) is 5.25. The molecule has 0 radical (unpaired) electrons. The first kappa shape index (κ1) is 40.2. The second kappa shape index (κ2) is 18.8. The summed E-state index contributed by atoms with van der Waals surface area (Å²) in [6.45, 7) is 0. The monoisotopic (exact) mass is 894 g/mol. The number of hydrogen-bond donors (Lipinski definition) is 4. The molecule has 2 amide bonds. The van der Waals surface area contributed by atoms with E-state index >= 15 is 0 Å². The van der Waals surface area contributed by atoms with E-state index in [1.165, 1.54) is 46.9 Å². The Labute approximate surface area is 333 Å². The van der Waals surface area contributed by atoms with Crippen molar-refractivity contribution in [3.8, 4) is 22.3 Å². The average Bonchev–Trinajstić information content (AvgIpc) is 3.76. The van der Waals surface area contributed by atoms with Gasteiger partial charge in [-0.1, -0.05) is 80.4 Å². The largest absolute Gasteiger partial charge is 0.478 e. The van der Waals surface area contributed by atoms with Crippen molar-refractivity contribution in [2.24, 2.45) is 0 Å². The van der Waals surface area contributed by atoms with Crippen molar-refractivity contribution in [1.82, 2.24) is 0 Å². The minimum atomic E-state index is -1.10. The molecule has 0 saturated heterocycles. The Morgan fingerprint density at radius 2 is 1.02 bits per heavy atom. The SMILES string of the molecule is O=C(CCc1ccc(F)cc1)Nc1scc(-c2ccc(Br)cc2)c1C(=O)O.O=C(CCc1cccc(F)c1)Nc1scc(-c2ccc(Br)cc2)c1C(=O)O. The maximum absolute atomic E-state index is 13.2. The highest BCUT2D eigenvalue weighted by molar-refractivity contribution is 9.10. The molecule has 14 heteroatoms. The lowest BCUT2D eigenvalue weighted by molar-refractivity contribution is -0.117. The molecule has 0 saturated carbocycles. The van der Waals surface area contributed by atoms with Crippen molar-refractivity contribution in [2.45, 2.75) is 25.7 Å². The van der Waals surface area contributed by atoms with Crippen molar-refractivity contribution in [3.05, 3.63) is 151 Å². The fourth-order valence-corrected chi connectivity index (χ4v) is 7.73. The quantitative estimate of drug-likeness (QED) is 0.0967. The van der Waals surface area contributed by atoms with E-state index in [1.54, 1.807) is 35.0 Å². The molecule has 4 aromatic carbocycles. The number of aromatic carboxylic acids is 2. The zero-order valence-corrected chi connectivity index (χ0v) is 32.9. The smallest absolute Gasteiger partial charge is 0.339 e. The molecule has 0 spiro atoms. The Kier molecular flexibility index (Phi) is 14.0. The van der Waals surface area contributed by atoms with Crippen molar-refractivity contribution < 1.29 is 38.2 Å². The summed E-state index contributed by atoms with van der Waals surface area (Å²) in [5, 5.41) is 28.6. The molecule has 276 valence electrons. The maximum atomic E-state index is 13.2. The third-order valence-electron chi connectivity index (χ3n) is 7.91. The molecule has 2 aromatic heterocycles. The van der Waals surface area contributed by atoms with E-state index in [0.29, 0.717) is 39.5 Å². The summed E-state index contributed by atoms with van der Waals surface area (Å²) in [6, 6.07) is 26.6. The molecule has 0 aliphatic heterocycles. The van der Waals surface area contributed by atoms with Gasteiger partial charge in [0.1, 0.15) is 32.8 Å². The predicted molar refractivity (Wildman–Crippen MR) is 216 cm³/mol. The highest BCUT2D eigenvalue weighted by atomic mass is 79.9. The van der Waals surface area contributed by atoms with Crippen LogP contribution in [0, 0.1) is 11.6 Å². The lowest BCUT2D eigenvalue weighted by Gasteiger charge is -2.06. The first-order valence-electron chi connectivity index (χ1n) is 16.2. The number of halogens is 4. The van der Waals surface area contributed by atoms with Crippen molar-refractivity contribution in [3.63, 3.8) is 0 Å². The summed E-state index contributed by atoms with van der Waals surface area (Å²) >= 11 is 9.06. The van der Waals surface area contributed by atoms with Crippen LogP contribution in [0.5, 0.6) is 0 Å². The van der Waals surface area contributed by atoms with E-state index < -0.39 is 11.9 Å². The van der Waals surface area contributed by atoms with Crippen molar-refractivity contribution in [2.75, 3.05) is 10.6 Å². The maximum Gasteiger partial charge on any atom is 0.339 e. The van der Waals surface area contributed by atoms with Crippen LogP contribution in [0.25, 0.3) is 22.3 Å². The van der Waals surface area contributed by atoms with Gasteiger partial charge in [-0.05, 0) is 83.6 Å². The number of thiophene rings is 2. The second-order valence-electron chi connectivity index (χ2n) is 11.7. The summed E-state index contributed by atoms with van der Waals surface area (Å²) in [7, 11) is 0. The molecule has 8 nitrogen and oxygen atoms in total. The number of carboxylic acids is 2. The summed E-state index contributed by atoms with van der Waals surface area (Å²) in [5.41, 5.74) is 4.34. The second-order valence-corrected chi connectivity index (χ2v) is 15.3. The molecule has 0 aliphatic rings. The van der Waals surface area contributed by atoms with Crippen molar-refractivity contribution >= 4 is 88.3 Å². The number of amides is 2. The fraction of sp³-hybridized carbons (Fsp3) is 0.100. The first-order chi connectivity index (χ1) is 25.9. The van der Waals surface area contributed by atoms with Crippen LogP contribution in [0.3, 0.4) is 0 Å². The number of benzene rings is 4. The molecule has 0 bridgehead atoms. The van der Waals surface area contributed by atoms with Gasteiger partial charge < -0.3 is 20.8 Å². The number of carbonyl (C=O) groups is 4. The van der Waals surface area contributed by atoms with Crippen LogP contribution in [-0.2, 0) is 22.4 Å². The van der Waals surface area contributed by atoms with Crippen LogP contribution >= 0.6 is 54.5 Å². The summed E-state index contributed by atoms with van der Waals surface area (Å²) in [6.07, 6.45) is 1.13. The molecular weight excluding hydrogens is 866 g/mol. The minimum absolute atomic E-state index is 0.0708. The standard InChI is InChI=1S/2C20H15BrFNO3S/c21-14-6-4-13(5-7-14)16-11-27-19(18(16)20(25)26)23-17(24)10-3-12-1-8-15(22)9-2-12;21-14-7-5-13(6-8-14)16-11-27-19(18(16)20(25)26)23-17(24)9-4-12-2-1-3-15(22)10-12/h1-2,4-9,11H,3,10H2,(H,23,24)(H,25,26);1-3,5-8,10-11H,4,9H2,(H,23,24)(H,25,26). The average molecular weight is 897 g/mol. The molecule has 54 heavy (non-hydrogen) atoms. The van der Waals surface area contributed by atoms with E-state index in [2.05, 4.69) is 42.5 Å². The van der Waals surface area contributed by atoms with Gasteiger partial charge in [-0.2, -0.15) is 0 Å². The molecule has 2 heterocycles. The molecule has 4 N–H and O–H groups in total. The normalized spacial score (nSPS) is 10.6. The van der Waals surface area contributed by atoms with Gasteiger partial charge in [-0.3, -0.25) is 9.59 Å². The highest BCUT2D eigenvalue weighted by Gasteiger charge is 2.22. The van der Waals surface area contributed by atoms with Gasteiger partial charge in [-0.15, -0.1) is 22.7 Å². The lowest BCUT2D eigenvalue weighted by Crippen LogP contribution is -2.14. The van der Waals surface area contributed by atoms with Gasteiger partial charge in [0.25, 0.3) is 0 Å². The Balaban J connectivity index is 0.000000208. The molecule has 6 aromatic rings. The Hall–Kier alpha value is -5.02. The topological polar surface area (TPSA) is 133 Å². The van der Waals surface area contributed by atoms with Gasteiger partial charge >= 0.3 is 11.9 Å². The van der Waals surface area contributed by atoms with Crippen LogP contribution in [0.4, 0.5) is 18.8 Å². The number of carbonyl (C=O) groups excluding carboxylic acids is 2. The van der Waals surface area contributed by atoms with E-state index in [0.717, 1.165) is 25.6 Å². The summed E-state index contributed by atoms with van der Waals surface area (Å²) in [4.78, 5) is 48.0. The van der Waals surface area contributed by atoms with E-state index in [1.807, 2.05) is 48.5 Å². The predicted octanol–water partition coefficient (Wildman–Crippen LogP) is 11.2. The molecular formula is C40H30Br2F2N2O6S2. The molecule has 0 aliphatic carbocycles. The number of carboxylic acid groups (broad SMARTS) is 2. The third-order valence-corrected chi connectivity index (χ3v) is 10.8. The Morgan fingerprint density at radius 3 is 1.44 bits per heavy atom. The zero-order chi connectivity index (χ0) is 38.8. The molecule has 0 unspecified atom stereocenters. The number of anilines is 2. The Bertz CT molecular complexity index is 2280. The number of rotatable bonds is 12. The molecule has 0 atom stereocenters. The first-order valence-corrected chi connectivity index (χ1v) is 19.5. The lowest BCUT2D eigenvalue weighted by atomic mass is 10.0. The highest BCUT2D eigenvalue weighted by Crippen LogP contribution is 2.37. The van der Waals surface area contributed by atoms with Crippen LogP contribution in [-0.4, -0.2) is 34.0 Å². The Morgan fingerprint density at radius 1 is 0.574 bits per heavy atom. The van der Waals surface area contributed by atoms with E-state index in [-0.39, 0.29) is 47.4 Å². The van der Waals surface area contributed by atoms with E-state index in [4.69, 9.17) is 0 Å². The van der Waals surface area contributed by atoms with Crippen LogP contribution in [0.1, 0.15) is 44.7 Å². The number of aryl methyl sites for hydroxylation is 2. The van der Waals surface area contributed by atoms with Gasteiger partial charge in [0.05, 0.1) is 0 Å². The summed E-state index contributed by atoms with van der Waals surface area (Å²) in [5.74, 6) is -3.47. The zero-order valence-electron chi connectivity index (χ0n) is 28.1. The number of nitrogens with one attached hydrogen (secondary N) is 2. The van der Waals surface area contributed by atoms with Gasteiger partial charge in [0.2, 0.25) is 11.8 Å². The third kappa shape index (κ3) is 11.0. The summed E-state index contributed by atoms with van der Waals surface area (Å²) < 4.78 is 27.9. The van der Waals surface area contributed by atoms with Crippen LogP contribution < -0.4 is 10.6 Å². The number of hydrogen-bond acceptors (Lipinski definition) is 6.